The minimum absolute atomic E-state index is 0.0720. The first-order chi connectivity index (χ1) is 15.0. The summed E-state index contributed by atoms with van der Waals surface area (Å²) in [5.74, 6) is -2.23. The predicted molar refractivity (Wildman–Crippen MR) is 112 cm³/mol. The molecule has 1 atom stereocenters. The lowest BCUT2D eigenvalue weighted by Crippen LogP contribution is -2.28. The van der Waals surface area contributed by atoms with Gasteiger partial charge in [0.2, 0.25) is 5.91 Å². The van der Waals surface area contributed by atoms with Gasteiger partial charge < -0.3 is 19.7 Å². The molecule has 1 saturated heterocycles. The zero-order chi connectivity index (χ0) is 22.2. The predicted octanol–water partition coefficient (Wildman–Crippen LogP) is 2.39. The maximum atomic E-state index is 12.3. The number of hydrogen-bond acceptors (Lipinski definition) is 6. The third kappa shape index (κ3) is 6.15. The van der Waals surface area contributed by atoms with Gasteiger partial charge in [-0.15, -0.1) is 0 Å². The van der Waals surface area contributed by atoms with Crippen LogP contribution in [0.15, 0.2) is 54.6 Å². The summed E-state index contributed by atoms with van der Waals surface area (Å²) in [5, 5.41) is 2.59. The van der Waals surface area contributed by atoms with E-state index in [9.17, 15) is 19.2 Å². The maximum Gasteiger partial charge on any atom is 0.338 e. The van der Waals surface area contributed by atoms with Crippen molar-refractivity contribution < 1.29 is 28.7 Å². The van der Waals surface area contributed by atoms with Crippen LogP contribution in [0.2, 0.25) is 0 Å². The number of amides is 2. The summed E-state index contributed by atoms with van der Waals surface area (Å²) in [6.07, 6.45) is 0.0720. The van der Waals surface area contributed by atoms with Gasteiger partial charge in [0, 0.05) is 25.2 Å². The second-order valence-electron chi connectivity index (χ2n) is 7.11. The number of rotatable bonds is 8. The van der Waals surface area contributed by atoms with E-state index in [0.717, 1.165) is 5.56 Å². The highest BCUT2D eigenvalue weighted by Crippen LogP contribution is 2.21. The van der Waals surface area contributed by atoms with Gasteiger partial charge in [0.1, 0.15) is 0 Å². The van der Waals surface area contributed by atoms with Crippen LogP contribution < -0.4 is 5.32 Å². The van der Waals surface area contributed by atoms with Crippen molar-refractivity contribution in [3.05, 3.63) is 65.7 Å². The van der Waals surface area contributed by atoms with Crippen LogP contribution >= 0.6 is 0 Å². The molecule has 1 aliphatic rings. The maximum absolute atomic E-state index is 12.3. The molecule has 0 radical (unpaired) electrons. The lowest BCUT2D eigenvalue weighted by molar-refractivity contribution is -0.151. The number of esters is 2. The minimum atomic E-state index is -0.590. The fourth-order valence-electron chi connectivity index (χ4n) is 3.24. The Hall–Kier alpha value is -3.68. The van der Waals surface area contributed by atoms with Crippen molar-refractivity contribution in [2.24, 2.45) is 5.92 Å². The molecule has 0 spiro atoms. The molecule has 1 fully saturated rings. The van der Waals surface area contributed by atoms with Gasteiger partial charge in [-0.25, -0.2) is 4.79 Å². The van der Waals surface area contributed by atoms with E-state index < -0.39 is 30.4 Å². The number of benzene rings is 2. The summed E-state index contributed by atoms with van der Waals surface area (Å²) in [6, 6.07) is 15.7. The number of likely N-dealkylation sites (tertiary alicyclic amines) is 1. The largest absolute Gasteiger partial charge is 0.462 e. The molecule has 0 saturated carbocycles. The number of carbonyl (C=O) groups excluding carboxylic acids is 4. The first-order valence-electron chi connectivity index (χ1n) is 10.0. The fraction of sp³-hybridized carbons (Fsp3) is 0.304. The molecule has 162 valence electrons. The number of nitrogens with one attached hydrogen (secondary N) is 1. The Morgan fingerprint density at radius 2 is 1.74 bits per heavy atom. The van der Waals surface area contributed by atoms with Crippen molar-refractivity contribution in [2.75, 3.05) is 25.1 Å². The Morgan fingerprint density at radius 3 is 2.42 bits per heavy atom. The quantitative estimate of drug-likeness (QED) is 0.653. The van der Waals surface area contributed by atoms with Crippen LogP contribution in [0, 0.1) is 5.92 Å². The van der Waals surface area contributed by atoms with E-state index in [1.165, 1.54) is 12.1 Å². The Bertz CT molecular complexity index is 942. The molecular weight excluding hydrogens is 400 g/mol. The molecule has 8 nitrogen and oxygen atoms in total. The van der Waals surface area contributed by atoms with Crippen molar-refractivity contribution >= 4 is 29.4 Å². The van der Waals surface area contributed by atoms with Crippen LogP contribution in [-0.2, 0) is 30.4 Å². The molecule has 3 rings (SSSR count). The van der Waals surface area contributed by atoms with Crippen molar-refractivity contribution in [3.8, 4) is 0 Å². The Morgan fingerprint density at radius 1 is 1.03 bits per heavy atom. The number of carbonyl (C=O) groups is 4. The van der Waals surface area contributed by atoms with Gasteiger partial charge in [0.25, 0.3) is 5.91 Å². The van der Waals surface area contributed by atoms with Crippen LogP contribution in [0.25, 0.3) is 0 Å². The minimum Gasteiger partial charge on any atom is -0.462 e. The highest BCUT2D eigenvalue weighted by molar-refractivity contribution is 5.95. The summed E-state index contributed by atoms with van der Waals surface area (Å²) in [6.45, 7) is 2.24. The van der Waals surface area contributed by atoms with E-state index >= 15 is 0 Å². The number of ether oxygens (including phenoxy) is 2. The molecule has 1 heterocycles. The average Bonchev–Trinajstić information content (AvgIpc) is 3.13. The molecule has 1 aliphatic heterocycles. The first-order valence-corrected chi connectivity index (χ1v) is 10.0. The molecule has 8 heteroatoms. The summed E-state index contributed by atoms with van der Waals surface area (Å²) in [4.78, 5) is 49.8. The monoisotopic (exact) mass is 424 g/mol. The molecule has 0 aromatic heterocycles. The van der Waals surface area contributed by atoms with E-state index in [-0.39, 0.29) is 25.5 Å². The number of nitrogens with zero attached hydrogens (tertiary/aromatic N) is 1. The first kappa shape index (κ1) is 22.0. The molecule has 31 heavy (non-hydrogen) atoms. The van der Waals surface area contributed by atoms with Crippen LogP contribution in [-0.4, -0.2) is 48.4 Å². The van der Waals surface area contributed by atoms with Gasteiger partial charge >= 0.3 is 11.9 Å². The lowest BCUT2D eigenvalue weighted by atomic mass is 10.1. The van der Waals surface area contributed by atoms with Crippen molar-refractivity contribution in [2.45, 2.75) is 19.9 Å². The molecule has 2 aromatic carbocycles. The Balaban J connectivity index is 1.44. The molecule has 0 bridgehead atoms. The van der Waals surface area contributed by atoms with Crippen LogP contribution in [0.1, 0.15) is 29.3 Å². The van der Waals surface area contributed by atoms with Crippen LogP contribution in [0.5, 0.6) is 0 Å². The molecule has 2 amide bonds. The normalized spacial score (nSPS) is 15.5. The van der Waals surface area contributed by atoms with Gasteiger partial charge in [-0.05, 0) is 36.8 Å². The van der Waals surface area contributed by atoms with E-state index in [0.29, 0.717) is 17.8 Å². The van der Waals surface area contributed by atoms with E-state index in [1.54, 1.807) is 24.0 Å². The summed E-state index contributed by atoms with van der Waals surface area (Å²) in [7, 11) is 0. The second-order valence-corrected chi connectivity index (χ2v) is 7.11. The third-order valence-corrected chi connectivity index (χ3v) is 4.79. The fourth-order valence-corrected chi connectivity index (χ4v) is 3.24. The van der Waals surface area contributed by atoms with Gasteiger partial charge in [0.15, 0.2) is 6.61 Å². The van der Waals surface area contributed by atoms with Crippen LogP contribution in [0.4, 0.5) is 5.69 Å². The summed E-state index contributed by atoms with van der Waals surface area (Å²) < 4.78 is 10.00. The molecule has 0 aliphatic carbocycles. The molecule has 1 N–H and O–H groups in total. The van der Waals surface area contributed by atoms with Crippen molar-refractivity contribution in [3.63, 3.8) is 0 Å². The summed E-state index contributed by atoms with van der Waals surface area (Å²) >= 11 is 0. The van der Waals surface area contributed by atoms with Crippen molar-refractivity contribution in [1.82, 2.24) is 4.90 Å². The molecular formula is C23H24N2O6. The van der Waals surface area contributed by atoms with E-state index in [2.05, 4.69) is 5.32 Å². The lowest BCUT2D eigenvalue weighted by Gasteiger charge is -2.16. The zero-order valence-corrected chi connectivity index (χ0v) is 17.2. The standard InChI is InChI=1S/C23H24N2O6/c1-2-30-22(28)17-8-10-19(11-9-17)24-20(26)15-31-23(29)18-12-21(27)25(14-18)13-16-6-4-3-5-7-16/h3-11,18H,2,12-15H2,1H3,(H,24,26)/t18-/m0/s1. The number of hydrogen-bond donors (Lipinski definition) is 1. The second kappa shape index (κ2) is 10.4. The van der Waals surface area contributed by atoms with Gasteiger partial charge in [0.05, 0.1) is 18.1 Å². The zero-order valence-electron chi connectivity index (χ0n) is 17.2. The third-order valence-electron chi connectivity index (χ3n) is 4.79. The van der Waals surface area contributed by atoms with Gasteiger partial charge in [-0.2, -0.15) is 0 Å². The smallest absolute Gasteiger partial charge is 0.338 e. The topological polar surface area (TPSA) is 102 Å². The SMILES string of the molecule is CCOC(=O)c1ccc(NC(=O)COC(=O)[C@H]2CC(=O)N(Cc3ccccc3)C2)cc1. The Labute approximate surface area is 180 Å². The molecule has 0 unspecified atom stereocenters. The van der Waals surface area contributed by atoms with Crippen molar-refractivity contribution in [1.29, 1.82) is 0 Å². The van der Waals surface area contributed by atoms with E-state index in [1.807, 2.05) is 30.3 Å². The highest BCUT2D eigenvalue weighted by atomic mass is 16.5. The molecule has 2 aromatic rings. The van der Waals surface area contributed by atoms with E-state index in [4.69, 9.17) is 9.47 Å². The average molecular weight is 424 g/mol. The number of anilines is 1. The summed E-state index contributed by atoms with van der Waals surface area (Å²) in [5.41, 5.74) is 1.81. The highest BCUT2D eigenvalue weighted by Gasteiger charge is 2.35. The van der Waals surface area contributed by atoms with Gasteiger partial charge in [-0.3, -0.25) is 14.4 Å². The van der Waals surface area contributed by atoms with Crippen LogP contribution in [0.3, 0.4) is 0 Å². The Kier molecular flexibility index (Phi) is 7.37. The van der Waals surface area contributed by atoms with Gasteiger partial charge in [-0.1, -0.05) is 30.3 Å².